The standard InChI is InChI=1S/C20H18F3N5O5S/c21-10-3-8(4-11(22)15(10)23)13-6-28(27-26-13)16-17(30)14(7-29)33-20(18(16)31)34-9-1-2-12(19(24)32)25-5-9/h1-6,14,16-18,20,29-31H,7H2,(H2,24,32)/t14-,16+,17+,18-,20-/m1/s1. The number of hydrogen-bond donors (Lipinski definition) is 4. The first-order chi connectivity index (χ1) is 16.2. The molecule has 0 aliphatic carbocycles. The van der Waals surface area contributed by atoms with Gasteiger partial charge in [0.25, 0.3) is 5.91 Å². The maximum absolute atomic E-state index is 13.6. The first-order valence-corrected chi connectivity index (χ1v) is 10.7. The average molecular weight is 497 g/mol. The van der Waals surface area contributed by atoms with Crippen LogP contribution in [0.2, 0.25) is 0 Å². The van der Waals surface area contributed by atoms with Crippen LogP contribution in [0.25, 0.3) is 11.3 Å². The molecule has 0 bridgehead atoms. The molecule has 10 nitrogen and oxygen atoms in total. The smallest absolute Gasteiger partial charge is 0.267 e. The van der Waals surface area contributed by atoms with E-state index >= 15 is 0 Å². The molecule has 180 valence electrons. The van der Waals surface area contributed by atoms with Crippen molar-refractivity contribution in [2.45, 2.75) is 34.7 Å². The largest absolute Gasteiger partial charge is 0.394 e. The molecule has 1 aliphatic rings. The van der Waals surface area contributed by atoms with Gasteiger partial charge in [-0.3, -0.25) is 4.79 Å². The molecule has 1 aliphatic heterocycles. The van der Waals surface area contributed by atoms with Crippen molar-refractivity contribution in [3.63, 3.8) is 0 Å². The maximum atomic E-state index is 13.6. The van der Waals surface area contributed by atoms with Gasteiger partial charge in [-0.25, -0.2) is 22.8 Å². The molecular formula is C20H18F3N5O5S. The molecule has 3 heterocycles. The van der Waals surface area contributed by atoms with Crippen molar-refractivity contribution >= 4 is 17.7 Å². The summed E-state index contributed by atoms with van der Waals surface area (Å²) in [6, 6.07) is 3.23. The van der Waals surface area contributed by atoms with Gasteiger partial charge in [0.2, 0.25) is 0 Å². The number of thioether (sulfide) groups is 1. The fourth-order valence-corrected chi connectivity index (χ4v) is 4.49. The summed E-state index contributed by atoms with van der Waals surface area (Å²) in [7, 11) is 0. The summed E-state index contributed by atoms with van der Waals surface area (Å²) in [4.78, 5) is 15.6. The Kier molecular flexibility index (Phi) is 6.86. The van der Waals surface area contributed by atoms with Gasteiger partial charge in [0.05, 0.1) is 12.8 Å². The summed E-state index contributed by atoms with van der Waals surface area (Å²) in [6.07, 6.45) is -1.37. The van der Waals surface area contributed by atoms with Gasteiger partial charge in [-0.2, -0.15) is 0 Å². The summed E-state index contributed by atoms with van der Waals surface area (Å²) < 4.78 is 47.2. The Hall–Kier alpha value is -3.04. The van der Waals surface area contributed by atoms with Crippen molar-refractivity contribution < 1.29 is 38.0 Å². The minimum absolute atomic E-state index is 0.0415. The van der Waals surface area contributed by atoms with E-state index in [1.165, 1.54) is 24.5 Å². The highest BCUT2D eigenvalue weighted by atomic mass is 32.2. The van der Waals surface area contributed by atoms with E-state index in [-0.39, 0.29) is 17.0 Å². The molecule has 3 aromatic rings. The maximum Gasteiger partial charge on any atom is 0.267 e. The Morgan fingerprint density at radius 2 is 1.88 bits per heavy atom. The second kappa shape index (κ2) is 9.68. The number of nitrogens with two attached hydrogens (primary N) is 1. The number of carbonyl (C=O) groups excluding carboxylic acids is 1. The number of rotatable bonds is 6. The number of carbonyl (C=O) groups is 1. The highest BCUT2D eigenvalue weighted by molar-refractivity contribution is 7.99. The lowest BCUT2D eigenvalue weighted by Gasteiger charge is -2.41. The van der Waals surface area contributed by atoms with Crippen LogP contribution >= 0.6 is 11.8 Å². The zero-order chi connectivity index (χ0) is 24.6. The number of benzene rings is 1. The van der Waals surface area contributed by atoms with E-state index in [2.05, 4.69) is 15.3 Å². The van der Waals surface area contributed by atoms with E-state index in [0.29, 0.717) is 4.90 Å². The van der Waals surface area contributed by atoms with Crippen LogP contribution in [0.15, 0.2) is 41.6 Å². The second-order valence-corrected chi connectivity index (χ2v) is 8.57. The third kappa shape index (κ3) is 4.63. The van der Waals surface area contributed by atoms with E-state index in [1.807, 2.05) is 0 Å². The zero-order valence-corrected chi connectivity index (χ0v) is 17.9. The topological polar surface area (TPSA) is 157 Å². The number of primary amides is 1. The molecule has 34 heavy (non-hydrogen) atoms. The quantitative estimate of drug-likeness (QED) is 0.359. The first kappa shape index (κ1) is 24.1. The van der Waals surface area contributed by atoms with Crippen molar-refractivity contribution in [3.8, 4) is 11.3 Å². The molecular weight excluding hydrogens is 479 g/mol. The Labute approximate surface area is 194 Å². The van der Waals surface area contributed by atoms with Gasteiger partial charge in [0.1, 0.15) is 41.2 Å². The van der Waals surface area contributed by atoms with Crippen LogP contribution < -0.4 is 5.73 Å². The number of aliphatic hydroxyl groups is 3. The van der Waals surface area contributed by atoms with Crippen molar-refractivity contribution in [2.75, 3.05) is 6.61 Å². The zero-order valence-electron chi connectivity index (χ0n) is 17.1. The molecule has 2 aromatic heterocycles. The number of hydrogen-bond acceptors (Lipinski definition) is 9. The van der Waals surface area contributed by atoms with Gasteiger partial charge >= 0.3 is 0 Å². The monoisotopic (exact) mass is 497 g/mol. The lowest BCUT2D eigenvalue weighted by molar-refractivity contribution is -0.178. The Balaban J connectivity index is 1.61. The molecule has 1 saturated heterocycles. The summed E-state index contributed by atoms with van der Waals surface area (Å²) >= 11 is 1.01. The number of ether oxygens (including phenoxy) is 1. The summed E-state index contributed by atoms with van der Waals surface area (Å²) in [5.74, 6) is -5.17. The van der Waals surface area contributed by atoms with Crippen LogP contribution in [-0.4, -0.2) is 71.6 Å². The fourth-order valence-electron chi connectivity index (χ4n) is 3.47. The summed E-state index contributed by atoms with van der Waals surface area (Å²) in [5, 5.41) is 38.9. The van der Waals surface area contributed by atoms with Crippen molar-refractivity contribution in [3.05, 3.63) is 59.8 Å². The molecule has 0 spiro atoms. The van der Waals surface area contributed by atoms with Crippen LogP contribution in [0.5, 0.6) is 0 Å². The van der Waals surface area contributed by atoms with Gasteiger partial charge in [-0.05, 0) is 24.3 Å². The van der Waals surface area contributed by atoms with Crippen molar-refractivity contribution in [2.24, 2.45) is 5.73 Å². The number of amides is 1. The number of aliphatic hydroxyl groups excluding tert-OH is 3. The fraction of sp³-hybridized carbons (Fsp3) is 0.300. The molecule has 0 radical (unpaired) electrons. The molecule has 5 atom stereocenters. The Morgan fingerprint density at radius 3 is 2.47 bits per heavy atom. The van der Waals surface area contributed by atoms with Gasteiger partial charge in [0, 0.05) is 16.7 Å². The van der Waals surface area contributed by atoms with Gasteiger partial charge < -0.3 is 25.8 Å². The lowest BCUT2D eigenvalue weighted by Crippen LogP contribution is -2.55. The number of nitrogens with zero attached hydrogens (tertiary/aromatic N) is 4. The number of aromatic nitrogens is 4. The number of halogens is 3. The van der Waals surface area contributed by atoms with Crippen molar-refractivity contribution in [1.29, 1.82) is 0 Å². The molecule has 1 fully saturated rings. The molecule has 1 amide bonds. The van der Waals surface area contributed by atoms with Crippen LogP contribution in [0.1, 0.15) is 16.5 Å². The van der Waals surface area contributed by atoms with Gasteiger partial charge in [0.15, 0.2) is 17.5 Å². The van der Waals surface area contributed by atoms with E-state index in [0.717, 1.165) is 28.6 Å². The van der Waals surface area contributed by atoms with Crippen molar-refractivity contribution in [1.82, 2.24) is 20.0 Å². The molecule has 5 N–H and O–H groups in total. The first-order valence-electron chi connectivity index (χ1n) is 9.81. The second-order valence-electron chi connectivity index (χ2n) is 7.40. The highest BCUT2D eigenvalue weighted by Gasteiger charge is 2.46. The van der Waals surface area contributed by atoms with Crippen LogP contribution in [0, 0.1) is 17.5 Å². The average Bonchev–Trinajstić information content (AvgIpc) is 3.29. The van der Waals surface area contributed by atoms with Gasteiger partial charge in [-0.1, -0.05) is 17.0 Å². The molecule has 14 heteroatoms. The van der Waals surface area contributed by atoms with Crippen LogP contribution in [0.4, 0.5) is 13.2 Å². The van der Waals surface area contributed by atoms with Crippen LogP contribution in [-0.2, 0) is 4.74 Å². The number of pyridine rings is 1. The third-order valence-corrected chi connectivity index (χ3v) is 6.32. The molecule has 0 unspecified atom stereocenters. The lowest BCUT2D eigenvalue weighted by atomic mass is 9.97. The van der Waals surface area contributed by atoms with Crippen LogP contribution in [0.3, 0.4) is 0 Å². The van der Waals surface area contributed by atoms with E-state index in [1.54, 1.807) is 0 Å². The van der Waals surface area contributed by atoms with E-state index in [9.17, 15) is 33.3 Å². The highest BCUT2D eigenvalue weighted by Crippen LogP contribution is 2.38. The molecule has 1 aromatic carbocycles. The Bertz CT molecular complexity index is 1170. The minimum atomic E-state index is -1.63. The minimum Gasteiger partial charge on any atom is -0.394 e. The predicted molar refractivity (Wildman–Crippen MR) is 111 cm³/mol. The summed E-state index contributed by atoms with van der Waals surface area (Å²) in [5.41, 5.74) is 4.05. The SMILES string of the molecule is NC(=O)c1ccc(S[C@H]2O[C@H](CO)[C@H](O)[C@H](n3cc(-c4cc(F)c(F)c(F)c4)nn3)[C@H]2O)cn1. The van der Waals surface area contributed by atoms with Gasteiger partial charge in [-0.15, -0.1) is 5.10 Å². The molecule has 4 rings (SSSR count). The third-order valence-electron chi connectivity index (χ3n) is 5.18. The van der Waals surface area contributed by atoms with E-state index < -0.39 is 59.8 Å². The molecule has 0 saturated carbocycles. The Morgan fingerprint density at radius 1 is 1.18 bits per heavy atom. The van der Waals surface area contributed by atoms with E-state index in [4.69, 9.17) is 10.5 Å². The predicted octanol–water partition coefficient (Wildman–Crippen LogP) is 0.629. The summed E-state index contributed by atoms with van der Waals surface area (Å²) in [6.45, 7) is -0.587. The normalized spacial score (nSPS) is 24.8.